The van der Waals surface area contributed by atoms with E-state index in [1.807, 2.05) is 19.9 Å². The molecule has 0 radical (unpaired) electrons. The SMILES string of the molecule is COCC(C)Oc1ccc(COC2=NN3C(c4cc(C)on4)=NNC3C=C2OC)nn1. The van der Waals surface area contributed by atoms with Crippen LogP contribution in [0.4, 0.5) is 0 Å². The molecule has 4 heterocycles. The predicted octanol–water partition coefficient (Wildman–Crippen LogP) is 1.15. The van der Waals surface area contributed by atoms with Crippen LogP contribution in [0.15, 0.2) is 44.8 Å². The monoisotopic (exact) mass is 429 g/mol. The summed E-state index contributed by atoms with van der Waals surface area (Å²) < 4.78 is 27.1. The van der Waals surface area contributed by atoms with Crippen molar-refractivity contribution in [2.75, 3.05) is 20.8 Å². The van der Waals surface area contributed by atoms with Crippen molar-refractivity contribution in [1.29, 1.82) is 0 Å². The van der Waals surface area contributed by atoms with Gasteiger partial charge in [-0.25, -0.2) is 5.01 Å². The molecule has 0 amide bonds. The molecule has 0 spiro atoms. The van der Waals surface area contributed by atoms with Crippen molar-refractivity contribution in [3.05, 3.63) is 47.2 Å². The molecule has 12 heteroatoms. The molecule has 0 aromatic carbocycles. The van der Waals surface area contributed by atoms with Crippen LogP contribution in [0.5, 0.6) is 5.88 Å². The van der Waals surface area contributed by atoms with E-state index in [-0.39, 0.29) is 24.8 Å². The second-order valence-electron chi connectivity index (χ2n) is 6.85. The van der Waals surface area contributed by atoms with E-state index in [9.17, 15) is 0 Å². The zero-order valence-electron chi connectivity index (χ0n) is 17.6. The van der Waals surface area contributed by atoms with Gasteiger partial charge in [0.2, 0.25) is 11.7 Å². The first-order chi connectivity index (χ1) is 15.1. The predicted molar refractivity (Wildman–Crippen MR) is 108 cm³/mol. The van der Waals surface area contributed by atoms with Crippen LogP contribution in [0, 0.1) is 6.92 Å². The van der Waals surface area contributed by atoms with Gasteiger partial charge in [0.1, 0.15) is 24.2 Å². The maximum absolute atomic E-state index is 5.85. The second-order valence-corrected chi connectivity index (χ2v) is 6.85. The topological polar surface area (TPSA) is 129 Å². The minimum absolute atomic E-state index is 0.126. The second kappa shape index (κ2) is 9.00. The van der Waals surface area contributed by atoms with E-state index >= 15 is 0 Å². The number of methoxy groups -OCH3 is 2. The molecule has 31 heavy (non-hydrogen) atoms. The number of rotatable bonds is 8. The van der Waals surface area contributed by atoms with Crippen molar-refractivity contribution in [2.24, 2.45) is 10.2 Å². The molecule has 2 unspecified atom stereocenters. The molecule has 0 aliphatic carbocycles. The van der Waals surface area contributed by atoms with Gasteiger partial charge in [0.05, 0.1) is 13.7 Å². The van der Waals surface area contributed by atoms with E-state index in [1.54, 1.807) is 37.4 Å². The van der Waals surface area contributed by atoms with Crippen molar-refractivity contribution in [3.63, 3.8) is 0 Å². The first-order valence-electron chi connectivity index (χ1n) is 9.59. The van der Waals surface area contributed by atoms with Gasteiger partial charge in [-0.3, -0.25) is 5.43 Å². The smallest absolute Gasteiger partial charge is 0.274 e. The molecule has 2 aromatic heterocycles. The first kappa shape index (κ1) is 20.6. The van der Waals surface area contributed by atoms with Gasteiger partial charge in [0.15, 0.2) is 17.6 Å². The van der Waals surface area contributed by atoms with Crippen LogP contribution in [0.2, 0.25) is 0 Å². The lowest BCUT2D eigenvalue weighted by molar-refractivity contribution is 0.0881. The Kier molecular flexibility index (Phi) is 5.98. The number of fused-ring (bicyclic) bond motifs is 1. The number of aryl methyl sites for hydroxylation is 1. The molecule has 0 fully saturated rings. The fourth-order valence-electron chi connectivity index (χ4n) is 2.95. The standard InChI is InChI=1S/C19H23N7O5/c1-11-7-14(25-31-11)18-23-21-16-8-15(28-4)19(24-26(16)18)29-10-13-5-6-17(22-20-13)30-12(2)9-27-3/h5-8,12,16,21H,9-10H2,1-4H3. The minimum Gasteiger partial charge on any atom is -0.491 e. The van der Waals surface area contributed by atoms with Crippen molar-refractivity contribution in [3.8, 4) is 5.88 Å². The van der Waals surface area contributed by atoms with Crippen molar-refractivity contribution < 1.29 is 23.5 Å². The number of hydrazone groups is 2. The van der Waals surface area contributed by atoms with E-state index in [1.165, 1.54) is 0 Å². The van der Waals surface area contributed by atoms with Crippen molar-refractivity contribution in [1.82, 2.24) is 25.8 Å². The summed E-state index contributed by atoms with van der Waals surface area (Å²) in [6, 6.07) is 5.28. The van der Waals surface area contributed by atoms with Crippen molar-refractivity contribution in [2.45, 2.75) is 32.7 Å². The molecule has 4 rings (SSSR count). The van der Waals surface area contributed by atoms with Crippen LogP contribution in [0.1, 0.15) is 24.1 Å². The van der Waals surface area contributed by atoms with Gasteiger partial charge in [-0.15, -0.1) is 15.3 Å². The van der Waals surface area contributed by atoms with E-state index in [2.05, 4.69) is 31.0 Å². The zero-order chi connectivity index (χ0) is 21.8. The molecule has 2 atom stereocenters. The highest BCUT2D eigenvalue weighted by atomic mass is 16.5. The summed E-state index contributed by atoms with van der Waals surface area (Å²) in [6.07, 6.45) is 1.37. The molecule has 0 saturated heterocycles. The fourth-order valence-corrected chi connectivity index (χ4v) is 2.95. The average Bonchev–Trinajstić information content (AvgIpc) is 3.38. The highest BCUT2D eigenvalue weighted by molar-refractivity contribution is 6.01. The lowest BCUT2D eigenvalue weighted by Gasteiger charge is -2.25. The lowest BCUT2D eigenvalue weighted by Crippen LogP contribution is -2.40. The Labute approximate surface area is 178 Å². The Morgan fingerprint density at radius 2 is 2.13 bits per heavy atom. The third kappa shape index (κ3) is 4.58. The van der Waals surface area contributed by atoms with Crippen LogP contribution in [-0.4, -0.2) is 65.2 Å². The third-order valence-electron chi connectivity index (χ3n) is 4.35. The number of aromatic nitrogens is 3. The van der Waals surface area contributed by atoms with Gasteiger partial charge in [0.25, 0.3) is 5.90 Å². The molecule has 12 nitrogen and oxygen atoms in total. The average molecular weight is 429 g/mol. The zero-order valence-corrected chi connectivity index (χ0v) is 17.6. The molecule has 2 aliphatic rings. The van der Waals surface area contributed by atoms with Gasteiger partial charge < -0.3 is 23.5 Å². The maximum Gasteiger partial charge on any atom is 0.274 e. The normalized spacial score (nSPS) is 18.4. The summed E-state index contributed by atoms with van der Waals surface area (Å²) in [6.45, 7) is 4.30. The molecule has 2 aromatic rings. The van der Waals surface area contributed by atoms with E-state index < -0.39 is 0 Å². The Morgan fingerprint density at radius 1 is 1.26 bits per heavy atom. The number of amidine groups is 1. The molecule has 1 N–H and O–H groups in total. The number of nitrogens with zero attached hydrogens (tertiary/aromatic N) is 6. The van der Waals surface area contributed by atoms with Crippen LogP contribution < -0.4 is 10.2 Å². The van der Waals surface area contributed by atoms with Crippen LogP contribution in [-0.2, 0) is 20.8 Å². The number of hydrogen-bond acceptors (Lipinski definition) is 12. The van der Waals surface area contributed by atoms with Crippen LogP contribution in [0.3, 0.4) is 0 Å². The molecule has 2 aliphatic heterocycles. The minimum atomic E-state index is -0.320. The summed E-state index contributed by atoms with van der Waals surface area (Å²) in [5.74, 6) is 2.36. The molecule has 164 valence electrons. The summed E-state index contributed by atoms with van der Waals surface area (Å²) in [5.41, 5.74) is 4.14. The Bertz CT molecular complexity index is 1000. The third-order valence-corrected chi connectivity index (χ3v) is 4.35. The number of ether oxygens (including phenoxy) is 4. The van der Waals surface area contributed by atoms with Gasteiger partial charge in [0, 0.05) is 25.3 Å². The van der Waals surface area contributed by atoms with Crippen LogP contribution in [0.25, 0.3) is 0 Å². The Balaban J connectivity index is 1.43. The van der Waals surface area contributed by atoms with Gasteiger partial charge in [-0.2, -0.15) is 5.10 Å². The highest BCUT2D eigenvalue weighted by Crippen LogP contribution is 2.22. The summed E-state index contributed by atoms with van der Waals surface area (Å²) in [7, 11) is 3.16. The summed E-state index contributed by atoms with van der Waals surface area (Å²) >= 11 is 0. The Morgan fingerprint density at radius 3 is 2.81 bits per heavy atom. The number of hydrogen-bond donors (Lipinski definition) is 1. The summed E-state index contributed by atoms with van der Waals surface area (Å²) in [5, 5.41) is 22.7. The number of nitrogens with one attached hydrogen (secondary N) is 1. The first-order valence-corrected chi connectivity index (χ1v) is 9.59. The fraction of sp³-hybridized carbons (Fsp3) is 0.421. The van der Waals surface area contributed by atoms with E-state index in [0.29, 0.717) is 41.2 Å². The Hall–Kier alpha value is -3.67. The maximum atomic E-state index is 5.85. The highest BCUT2D eigenvalue weighted by Gasteiger charge is 2.35. The molecular weight excluding hydrogens is 406 g/mol. The largest absolute Gasteiger partial charge is 0.491 e. The lowest BCUT2D eigenvalue weighted by atomic mass is 10.3. The quantitative estimate of drug-likeness (QED) is 0.652. The molecule has 0 bridgehead atoms. The van der Waals surface area contributed by atoms with Crippen LogP contribution >= 0.6 is 0 Å². The van der Waals surface area contributed by atoms with Gasteiger partial charge in [-0.1, -0.05) is 5.16 Å². The summed E-state index contributed by atoms with van der Waals surface area (Å²) in [4.78, 5) is 0. The van der Waals surface area contributed by atoms with Gasteiger partial charge in [-0.05, 0) is 19.9 Å². The van der Waals surface area contributed by atoms with Gasteiger partial charge >= 0.3 is 0 Å². The van der Waals surface area contributed by atoms with E-state index in [4.69, 9.17) is 23.5 Å². The van der Waals surface area contributed by atoms with Crippen molar-refractivity contribution >= 4 is 11.7 Å². The van der Waals surface area contributed by atoms with E-state index in [0.717, 1.165) is 0 Å². The molecular formula is C19H23N7O5. The molecule has 0 saturated carbocycles.